The Bertz CT molecular complexity index is 895. The maximum atomic E-state index is 4.68. The van der Waals surface area contributed by atoms with Crippen LogP contribution in [-0.4, -0.2) is 25.5 Å². The largest absolute Gasteiger partial charge is 0.286 e. The van der Waals surface area contributed by atoms with Gasteiger partial charge in [0.25, 0.3) is 0 Å². The van der Waals surface area contributed by atoms with Crippen LogP contribution < -0.4 is 0 Å². The van der Waals surface area contributed by atoms with E-state index in [1.807, 2.05) is 41.8 Å². The summed E-state index contributed by atoms with van der Waals surface area (Å²) in [6.45, 7) is 29.9. The molecule has 2 nitrogen and oxygen atoms in total. The van der Waals surface area contributed by atoms with Crippen molar-refractivity contribution in [3.05, 3.63) is 68.9 Å². The van der Waals surface area contributed by atoms with E-state index in [2.05, 4.69) is 104 Å². The van der Waals surface area contributed by atoms with Gasteiger partial charge in [-0.1, -0.05) is 83.9 Å². The quantitative estimate of drug-likeness (QED) is 0.299. The van der Waals surface area contributed by atoms with Gasteiger partial charge >= 0.3 is 0 Å². The van der Waals surface area contributed by atoms with E-state index < -0.39 is 0 Å². The lowest BCUT2D eigenvalue weighted by molar-refractivity contribution is 0.504. The molecular formula is C31H52N2. The summed E-state index contributed by atoms with van der Waals surface area (Å²) >= 11 is 0. The highest BCUT2D eigenvalue weighted by molar-refractivity contribution is 6.56. The van der Waals surface area contributed by atoms with Gasteiger partial charge in [-0.25, -0.2) is 0 Å². The fraction of sp³-hybridized carbons (Fsp3) is 0.548. The fourth-order valence-electron chi connectivity index (χ4n) is 3.33. The minimum atomic E-state index is 0.167. The molecule has 0 saturated carbocycles. The van der Waals surface area contributed by atoms with Gasteiger partial charge in [0, 0.05) is 25.2 Å². The molecule has 0 radical (unpaired) electrons. The number of rotatable bonds is 4. The van der Waals surface area contributed by atoms with Crippen LogP contribution in [0.2, 0.25) is 0 Å². The highest BCUT2D eigenvalue weighted by Crippen LogP contribution is 2.34. The summed E-state index contributed by atoms with van der Waals surface area (Å²) in [5, 5.41) is 0. The molecule has 0 aromatic rings. The summed E-state index contributed by atoms with van der Waals surface area (Å²) in [6, 6.07) is 0. The first-order valence-corrected chi connectivity index (χ1v) is 12.4. The summed E-state index contributed by atoms with van der Waals surface area (Å²) in [6.07, 6.45) is 8.80. The molecule has 0 N–H and O–H groups in total. The van der Waals surface area contributed by atoms with Crippen LogP contribution in [0.1, 0.15) is 96.9 Å². The molecule has 0 fully saturated rings. The molecule has 0 bridgehead atoms. The van der Waals surface area contributed by atoms with Crippen LogP contribution in [0.15, 0.2) is 78.9 Å². The van der Waals surface area contributed by atoms with Gasteiger partial charge < -0.3 is 0 Å². The number of nitrogens with zero attached hydrogens (tertiary/aromatic N) is 2. The molecule has 33 heavy (non-hydrogen) atoms. The normalized spacial score (nSPS) is 18.1. The molecule has 0 atom stereocenters. The fourth-order valence-corrected chi connectivity index (χ4v) is 3.33. The summed E-state index contributed by atoms with van der Waals surface area (Å²) in [7, 11) is 3.73. The van der Waals surface area contributed by atoms with Gasteiger partial charge in [-0.2, -0.15) is 0 Å². The van der Waals surface area contributed by atoms with Gasteiger partial charge in [-0.05, 0) is 76.2 Å². The number of allylic oxidation sites excluding steroid dienone is 12. The van der Waals surface area contributed by atoms with E-state index in [1.54, 1.807) is 0 Å². The Hall–Kier alpha value is -2.22. The van der Waals surface area contributed by atoms with Crippen molar-refractivity contribution in [1.29, 1.82) is 0 Å². The molecule has 1 aliphatic rings. The van der Waals surface area contributed by atoms with E-state index in [-0.39, 0.29) is 5.41 Å². The lowest BCUT2D eigenvalue weighted by Crippen LogP contribution is -2.27. The minimum absolute atomic E-state index is 0.167. The number of hydrogen-bond donors (Lipinski definition) is 0. The monoisotopic (exact) mass is 452 g/mol. The Kier molecular flexibility index (Phi) is 15.6. The molecule has 0 aromatic carbocycles. The average Bonchev–Trinajstić information content (AvgIpc) is 2.78. The van der Waals surface area contributed by atoms with E-state index in [4.69, 9.17) is 0 Å². The Balaban J connectivity index is 0. The zero-order valence-corrected chi connectivity index (χ0v) is 24.7. The first kappa shape index (κ1) is 33.0. The number of aliphatic imine (C=N–C) groups is 2. The molecule has 0 amide bonds. The third-order valence-electron chi connectivity index (χ3n) is 5.68. The molecule has 0 unspecified atom stereocenters. The molecular weight excluding hydrogens is 400 g/mol. The summed E-state index contributed by atoms with van der Waals surface area (Å²) in [5.74, 6) is 0. The lowest BCUT2D eigenvalue weighted by atomic mass is 9.78. The zero-order valence-electron chi connectivity index (χ0n) is 24.7. The molecule has 0 aromatic heterocycles. The highest BCUT2D eigenvalue weighted by Gasteiger charge is 2.28. The second kappa shape index (κ2) is 15.6. The SMILES string of the molecule is CC.CC.CN=C1C(=NC)C(/C(C)=C/C=C(\C)C(C)(C)C)=C(C)C(C)=C1/C(C)=C/C=C(C)C. The molecule has 2 heteroatoms. The predicted octanol–water partition coefficient (Wildman–Crippen LogP) is 9.68. The zero-order chi connectivity index (χ0) is 26.5. The van der Waals surface area contributed by atoms with Gasteiger partial charge in [0.15, 0.2) is 0 Å². The van der Waals surface area contributed by atoms with Crippen LogP contribution in [0.5, 0.6) is 0 Å². The van der Waals surface area contributed by atoms with Gasteiger partial charge in [-0.3, -0.25) is 9.98 Å². The summed E-state index contributed by atoms with van der Waals surface area (Å²) in [5.41, 5.74) is 12.1. The van der Waals surface area contributed by atoms with Crippen LogP contribution in [0.25, 0.3) is 0 Å². The van der Waals surface area contributed by atoms with Crippen molar-refractivity contribution in [3.63, 3.8) is 0 Å². The summed E-state index contributed by atoms with van der Waals surface area (Å²) in [4.78, 5) is 9.35. The molecule has 0 heterocycles. The minimum Gasteiger partial charge on any atom is -0.286 e. The first-order chi connectivity index (χ1) is 15.4. The van der Waals surface area contributed by atoms with E-state index in [1.165, 1.54) is 44.6 Å². The van der Waals surface area contributed by atoms with Gasteiger partial charge in [0.05, 0.1) is 11.4 Å². The van der Waals surface area contributed by atoms with Crippen molar-refractivity contribution in [1.82, 2.24) is 0 Å². The van der Waals surface area contributed by atoms with Crippen molar-refractivity contribution in [2.45, 2.75) is 96.9 Å². The lowest BCUT2D eigenvalue weighted by Gasteiger charge is -2.27. The Labute approximate surface area is 206 Å². The van der Waals surface area contributed by atoms with Crippen LogP contribution in [-0.2, 0) is 0 Å². The van der Waals surface area contributed by atoms with Crippen molar-refractivity contribution in [2.24, 2.45) is 15.4 Å². The second-order valence-electron chi connectivity index (χ2n) is 9.19. The van der Waals surface area contributed by atoms with Crippen molar-refractivity contribution in [2.75, 3.05) is 14.1 Å². The van der Waals surface area contributed by atoms with Crippen LogP contribution in [0.4, 0.5) is 0 Å². The standard InChI is InChI=1S/C27H40N2.2C2H6/c1-17(2)13-14-18(3)23-21(6)22(7)24(26(29-12)25(23)28-11)19(4)15-16-20(5)27(8,9)10;2*1-2/h13-16H,1-12H3;2*1-2H3/b18-14+,19-15+,20-16+,28-25?,29-26?;;. The van der Waals surface area contributed by atoms with Crippen LogP contribution >= 0.6 is 0 Å². The maximum absolute atomic E-state index is 4.68. The highest BCUT2D eigenvalue weighted by atomic mass is 14.8. The maximum Gasteiger partial charge on any atom is 0.0906 e. The van der Waals surface area contributed by atoms with E-state index in [0.29, 0.717) is 0 Å². The molecule has 0 saturated heterocycles. The molecule has 1 aliphatic carbocycles. The first-order valence-electron chi connectivity index (χ1n) is 12.4. The topological polar surface area (TPSA) is 24.7 Å². The Morgan fingerprint density at radius 1 is 0.606 bits per heavy atom. The molecule has 1 rings (SSSR count). The third-order valence-corrected chi connectivity index (χ3v) is 5.68. The number of hydrogen-bond acceptors (Lipinski definition) is 2. The average molecular weight is 453 g/mol. The molecule has 0 aliphatic heterocycles. The third kappa shape index (κ3) is 9.27. The van der Waals surface area contributed by atoms with Crippen molar-refractivity contribution >= 4 is 11.4 Å². The smallest absolute Gasteiger partial charge is 0.0906 e. The Morgan fingerprint density at radius 3 is 1.21 bits per heavy atom. The second-order valence-corrected chi connectivity index (χ2v) is 9.19. The van der Waals surface area contributed by atoms with Crippen molar-refractivity contribution in [3.8, 4) is 0 Å². The van der Waals surface area contributed by atoms with Crippen LogP contribution in [0, 0.1) is 5.41 Å². The molecule has 186 valence electrons. The van der Waals surface area contributed by atoms with E-state index >= 15 is 0 Å². The van der Waals surface area contributed by atoms with E-state index in [9.17, 15) is 0 Å². The van der Waals surface area contributed by atoms with Gasteiger partial charge in [-0.15, -0.1) is 0 Å². The summed E-state index contributed by atoms with van der Waals surface area (Å²) < 4.78 is 0. The van der Waals surface area contributed by atoms with Gasteiger partial charge in [0.1, 0.15) is 0 Å². The van der Waals surface area contributed by atoms with Gasteiger partial charge in [0.2, 0.25) is 0 Å². The molecule has 0 spiro atoms. The van der Waals surface area contributed by atoms with Crippen LogP contribution in [0.3, 0.4) is 0 Å². The Morgan fingerprint density at radius 2 is 0.939 bits per heavy atom. The van der Waals surface area contributed by atoms with E-state index in [0.717, 1.165) is 11.4 Å². The predicted molar refractivity (Wildman–Crippen MR) is 155 cm³/mol. The van der Waals surface area contributed by atoms with Crippen molar-refractivity contribution < 1.29 is 0 Å².